The molecule has 1 atom stereocenters. The van der Waals surface area contributed by atoms with E-state index in [0.29, 0.717) is 12.1 Å². The summed E-state index contributed by atoms with van der Waals surface area (Å²) in [7, 11) is -4.21. The normalized spacial score (nSPS) is 12.0. The molecule has 0 aliphatic heterocycles. The third kappa shape index (κ3) is 7.80. The number of nitrogens with zero attached hydrogens (tertiary/aromatic N) is 2. The van der Waals surface area contributed by atoms with Crippen molar-refractivity contribution in [3.63, 3.8) is 0 Å². The number of anilines is 1. The van der Waals surface area contributed by atoms with Gasteiger partial charge < -0.3 is 10.2 Å². The first-order chi connectivity index (χ1) is 18.5. The molecule has 3 aromatic rings. The highest BCUT2D eigenvalue weighted by atomic mass is 35.5. The molecular formula is C29H33ClFN3O4S. The van der Waals surface area contributed by atoms with Gasteiger partial charge >= 0.3 is 0 Å². The molecule has 1 N–H and O–H groups in total. The lowest BCUT2D eigenvalue weighted by atomic mass is 10.1. The van der Waals surface area contributed by atoms with Gasteiger partial charge in [0.1, 0.15) is 18.4 Å². The van der Waals surface area contributed by atoms with Crippen LogP contribution in [0.5, 0.6) is 0 Å². The van der Waals surface area contributed by atoms with Crippen molar-refractivity contribution in [2.45, 2.75) is 51.1 Å². The third-order valence-corrected chi connectivity index (χ3v) is 8.37. The molecule has 1 unspecified atom stereocenters. The van der Waals surface area contributed by atoms with Crippen molar-refractivity contribution in [1.29, 1.82) is 0 Å². The highest BCUT2D eigenvalue weighted by Crippen LogP contribution is 2.31. The Hall–Kier alpha value is -3.43. The second-order valence-electron chi connectivity index (χ2n) is 9.24. The molecule has 0 aromatic heterocycles. The van der Waals surface area contributed by atoms with Crippen LogP contribution in [0.2, 0.25) is 5.02 Å². The number of para-hydroxylation sites is 1. The van der Waals surface area contributed by atoms with Crippen molar-refractivity contribution in [3.05, 3.63) is 94.8 Å². The van der Waals surface area contributed by atoms with Crippen molar-refractivity contribution in [2.75, 3.05) is 17.4 Å². The number of halogens is 2. The zero-order valence-electron chi connectivity index (χ0n) is 22.2. The van der Waals surface area contributed by atoms with Gasteiger partial charge in [0.2, 0.25) is 11.8 Å². The first kappa shape index (κ1) is 30.1. The van der Waals surface area contributed by atoms with Gasteiger partial charge in [-0.3, -0.25) is 13.9 Å². The highest BCUT2D eigenvalue weighted by Gasteiger charge is 2.33. The molecule has 0 radical (unpaired) electrons. The molecule has 0 aliphatic carbocycles. The van der Waals surface area contributed by atoms with E-state index in [1.165, 1.54) is 47.4 Å². The molecule has 10 heteroatoms. The fraction of sp³-hybridized carbons (Fsp3) is 0.310. The first-order valence-electron chi connectivity index (χ1n) is 12.7. The molecule has 0 saturated carbocycles. The molecular weight excluding hydrogens is 541 g/mol. The molecule has 208 valence electrons. The van der Waals surface area contributed by atoms with E-state index in [1.54, 1.807) is 37.3 Å². The van der Waals surface area contributed by atoms with Crippen LogP contribution in [0.4, 0.5) is 10.1 Å². The fourth-order valence-electron chi connectivity index (χ4n) is 3.91. The van der Waals surface area contributed by atoms with Crippen molar-refractivity contribution < 1.29 is 22.4 Å². The molecule has 0 spiro atoms. The number of aryl methyl sites for hydroxylation is 1. The maximum atomic E-state index is 13.8. The van der Waals surface area contributed by atoms with E-state index in [0.717, 1.165) is 22.7 Å². The molecule has 7 nitrogen and oxygen atoms in total. The van der Waals surface area contributed by atoms with E-state index in [2.05, 4.69) is 5.32 Å². The second kappa shape index (κ2) is 13.6. The van der Waals surface area contributed by atoms with Crippen molar-refractivity contribution in [2.24, 2.45) is 0 Å². The lowest BCUT2D eigenvalue weighted by Gasteiger charge is -2.32. The number of amides is 2. The van der Waals surface area contributed by atoms with Crippen molar-refractivity contribution in [3.8, 4) is 0 Å². The molecule has 2 amide bonds. The van der Waals surface area contributed by atoms with Crippen LogP contribution in [0.25, 0.3) is 0 Å². The Kier molecular flexibility index (Phi) is 10.5. The highest BCUT2D eigenvalue weighted by molar-refractivity contribution is 7.92. The van der Waals surface area contributed by atoms with Gasteiger partial charge in [0.05, 0.1) is 15.6 Å². The minimum Gasteiger partial charge on any atom is -0.354 e. The van der Waals surface area contributed by atoms with Crippen molar-refractivity contribution >= 4 is 39.1 Å². The number of hydrogen-bond acceptors (Lipinski definition) is 4. The zero-order valence-corrected chi connectivity index (χ0v) is 23.8. The fourth-order valence-corrected chi connectivity index (χ4v) is 5.63. The van der Waals surface area contributed by atoms with Crippen LogP contribution in [-0.4, -0.2) is 44.3 Å². The molecule has 0 aliphatic rings. The van der Waals surface area contributed by atoms with Crippen LogP contribution in [0, 0.1) is 12.7 Å². The van der Waals surface area contributed by atoms with E-state index >= 15 is 0 Å². The second-order valence-corrected chi connectivity index (χ2v) is 11.5. The standard InChI is InChI=1S/C29H33ClFN3O4S/c1-4-5-18-32-29(36)22(3)33(19-23-12-14-24(31)15-13-23)28(35)20-34(27-9-7-6-8-26(27)30)39(37,38)25-16-10-21(2)11-17-25/h6-17,22H,4-5,18-20H2,1-3H3,(H,32,36). The van der Waals surface area contributed by atoms with E-state index in [1.807, 2.05) is 13.8 Å². The Labute approximate surface area is 234 Å². The summed E-state index contributed by atoms with van der Waals surface area (Å²) in [6.45, 7) is 5.24. The number of nitrogens with one attached hydrogen (secondary N) is 1. The summed E-state index contributed by atoms with van der Waals surface area (Å²) in [6.07, 6.45) is 1.66. The van der Waals surface area contributed by atoms with Gasteiger partial charge in [-0.05, 0) is 62.2 Å². The van der Waals surface area contributed by atoms with E-state index in [4.69, 9.17) is 11.6 Å². The van der Waals surface area contributed by atoms with Gasteiger partial charge in [0.25, 0.3) is 10.0 Å². The third-order valence-electron chi connectivity index (χ3n) is 6.27. The summed E-state index contributed by atoms with van der Waals surface area (Å²) in [4.78, 5) is 28.1. The Morgan fingerprint density at radius 3 is 2.26 bits per heavy atom. The van der Waals surface area contributed by atoms with Crippen LogP contribution < -0.4 is 9.62 Å². The number of sulfonamides is 1. The summed E-state index contributed by atoms with van der Waals surface area (Å²) in [5.41, 5.74) is 1.60. The van der Waals surface area contributed by atoms with Crippen molar-refractivity contribution in [1.82, 2.24) is 10.2 Å². The molecule has 39 heavy (non-hydrogen) atoms. The molecule has 0 heterocycles. The molecule has 0 fully saturated rings. The lowest BCUT2D eigenvalue weighted by Crippen LogP contribution is -2.51. The number of rotatable bonds is 12. The zero-order chi connectivity index (χ0) is 28.6. The van der Waals surface area contributed by atoms with Gasteiger partial charge in [-0.1, -0.05) is 66.9 Å². The van der Waals surface area contributed by atoms with Gasteiger partial charge in [-0.2, -0.15) is 0 Å². The Bertz CT molecular complexity index is 1380. The predicted octanol–water partition coefficient (Wildman–Crippen LogP) is 5.32. The maximum absolute atomic E-state index is 13.8. The number of unbranched alkanes of at least 4 members (excludes halogenated alkanes) is 1. The van der Waals surface area contributed by atoms with E-state index in [9.17, 15) is 22.4 Å². The van der Waals surface area contributed by atoms with E-state index in [-0.39, 0.29) is 28.1 Å². The number of benzene rings is 3. The number of hydrogen-bond donors (Lipinski definition) is 1. The minimum atomic E-state index is -4.21. The number of carbonyl (C=O) groups is 2. The SMILES string of the molecule is CCCCNC(=O)C(C)N(Cc1ccc(F)cc1)C(=O)CN(c1ccccc1Cl)S(=O)(=O)c1ccc(C)cc1. The first-order valence-corrected chi connectivity index (χ1v) is 14.5. The summed E-state index contributed by atoms with van der Waals surface area (Å²) < 4.78 is 42.1. The summed E-state index contributed by atoms with van der Waals surface area (Å²) >= 11 is 6.40. The minimum absolute atomic E-state index is 0.00346. The lowest BCUT2D eigenvalue weighted by molar-refractivity contribution is -0.139. The van der Waals surface area contributed by atoms with Crippen LogP contribution in [-0.2, 0) is 26.2 Å². The van der Waals surface area contributed by atoms with Gasteiger partial charge in [-0.25, -0.2) is 12.8 Å². The van der Waals surface area contributed by atoms with Gasteiger partial charge in [0, 0.05) is 13.1 Å². The van der Waals surface area contributed by atoms with Crippen LogP contribution in [0.3, 0.4) is 0 Å². The average Bonchev–Trinajstić information content (AvgIpc) is 2.91. The summed E-state index contributed by atoms with van der Waals surface area (Å²) in [5, 5.41) is 2.97. The largest absolute Gasteiger partial charge is 0.354 e. The average molecular weight is 574 g/mol. The molecule has 0 saturated heterocycles. The van der Waals surface area contributed by atoms with Gasteiger partial charge in [0.15, 0.2) is 0 Å². The Balaban J connectivity index is 2.00. The topological polar surface area (TPSA) is 86.8 Å². The van der Waals surface area contributed by atoms with Crippen LogP contribution in [0.15, 0.2) is 77.7 Å². The Morgan fingerprint density at radius 1 is 1.00 bits per heavy atom. The predicted molar refractivity (Wildman–Crippen MR) is 151 cm³/mol. The van der Waals surface area contributed by atoms with Crippen LogP contribution in [0.1, 0.15) is 37.8 Å². The molecule has 3 rings (SSSR count). The molecule has 0 bridgehead atoms. The Morgan fingerprint density at radius 2 is 1.64 bits per heavy atom. The summed E-state index contributed by atoms with van der Waals surface area (Å²) in [5.74, 6) is -1.42. The quantitative estimate of drug-likeness (QED) is 0.297. The smallest absolute Gasteiger partial charge is 0.264 e. The monoisotopic (exact) mass is 573 g/mol. The maximum Gasteiger partial charge on any atom is 0.264 e. The van der Waals surface area contributed by atoms with Crippen LogP contribution >= 0.6 is 11.6 Å². The van der Waals surface area contributed by atoms with E-state index < -0.39 is 34.3 Å². The molecule has 3 aromatic carbocycles. The number of carbonyl (C=O) groups excluding carboxylic acids is 2. The summed E-state index contributed by atoms with van der Waals surface area (Å²) in [6, 6.07) is 17.3. The van der Waals surface area contributed by atoms with Gasteiger partial charge in [-0.15, -0.1) is 0 Å².